The lowest BCUT2D eigenvalue weighted by Crippen LogP contribution is -2.44. The van der Waals surface area contributed by atoms with Crippen molar-refractivity contribution in [2.75, 3.05) is 13.2 Å². The predicted octanol–water partition coefficient (Wildman–Crippen LogP) is 3.21. The van der Waals surface area contributed by atoms with Crippen LogP contribution in [0.1, 0.15) is 24.8 Å². The molecule has 0 spiro atoms. The minimum atomic E-state index is -4.53. The number of halogens is 4. The summed E-state index contributed by atoms with van der Waals surface area (Å²) in [6.07, 6.45) is -2.32. The zero-order valence-electron chi connectivity index (χ0n) is 12.3. The largest absolute Gasteiger partial charge is 0.481 e. The van der Waals surface area contributed by atoms with Gasteiger partial charge in [0.1, 0.15) is 6.04 Å². The van der Waals surface area contributed by atoms with Gasteiger partial charge in [0.2, 0.25) is 0 Å². The maximum Gasteiger partial charge on any atom is 0.422 e. The van der Waals surface area contributed by atoms with Gasteiger partial charge in [-0.15, -0.1) is 0 Å². The summed E-state index contributed by atoms with van der Waals surface area (Å²) >= 11 is 0. The fourth-order valence-electron chi connectivity index (χ4n) is 2.61. The average Bonchev–Trinajstić information content (AvgIpc) is 2.46. The zero-order chi connectivity index (χ0) is 17.0. The molecule has 1 aliphatic heterocycles. The third-order valence-electron chi connectivity index (χ3n) is 3.67. The van der Waals surface area contributed by atoms with Gasteiger partial charge in [-0.3, -0.25) is 9.69 Å². The molecule has 1 N–H and O–H groups in total. The van der Waals surface area contributed by atoms with Crippen LogP contribution in [0.15, 0.2) is 18.2 Å². The van der Waals surface area contributed by atoms with E-state index < -0.39 is 36.4 Å². The Morgan fingerprint density at radius 3 is 2.70 bits per heavy atom. The molecule has 23 heavy (non-hydrogen) atoms. The number of carboxylic acids is 1. The van der Waals surface area contributed by atoms with Crippen molar-refractivity contribution in [3.63, 3.8) is 0 Å². The fraction of sp³-hybridized carbons (Fsp3) is 0.533. The molecule has 1 aromatic rings. The standard InChI is InChI=1S/C15H17F4NO3/c16-11-7-10(4-5-13(11)23-9-15(17,18)19)8-20-6-2-1-3-12(20)14(21)22/h4-5,7,12H,1-3,6,8-9H2,(H,21,22). The minimum Gasteiger partial charge on any atom is -0.481 e. The van der Waals surface area contributed by atoms with Gasteiger partial charge in [-0.25, -0.2) is 4.39 Å². The zero-order valence-corrected chi connectivity index (χ0v) is 12.3. The van der Waals surface area contributed by atoms with Crippen molar-refractivity contribution in [2.45, 2.75) is 38.0 Å². The van der Waals surface area contributed by atoms with Crippen molar-refractivity contribution in [3.05, 3.63) is 29.6 Å². The van der Waals surface area contributed by atoms with Gasteiger partial charge < -0.3 is 9.84 Å². The molecule has 128 valence electrons. The molecule has 0 radical (unpaired) electrons. The Kier molecular flexibility index (Phi) is 5.46. The molecular weight excluding hydrogens is 318 g/mol. The van der Waals surface area contributed by atoms with Crippen LogP contribution in [-0.4, -0.2) is 41.3 Å². The molecule has 0 bridgehead atoms. The number of rotatable bonds is 5. The number of nitrogens with zero attached hydrogens (tertiary/aromatic N) is 1. The number of benzene rings is 1. The molecule has 0 aliphatic carbocycles. The summed E-state index contributed by atoms with van der Waals surface area (Å²) in [6.45, 7) is -0.741. The Bertz CT molecular complexity index is 562. The lowest BCUT2D eigenvalue weighted by Gasteiger charge is -2.32. The Morgan fingerprint density at radius 2 is 2.09 bits per heavy atom. The Balaban J connectivity index is 2.03. The summed E-state index contributed by atoms with van der Waals surface area (Å²) in [6, 6.07) is 3.05. The van der Waals surface area contributed by atoms with E-state index in [9.17, 15) is 27.5 Å². The van der Waals surface area contributed by atoms with Gasteiger partial charge in [0.05, 0.1) is 0 Å². The van der Waals surface area contributed by atoms with Crippen molar-refractivity contribution >= 4 is 5.97 Å². The number of carboxylic acid groups (broad SMARTS) is 1. The van der Waals surface area contributed by atoms with E-state index in [0.29, 0.717) is 18.5 Å². The van der Waals surface area contributed by atoms with Crippen LogP contribution in [0.25, 0.3) is 0 Å². The predicted molar refractivity (Wildman–Crippen MR) is 73.6 cm³/mol. The van der Waals surface area contributed by atoms with Crippen LogP contribution in [0, 0.1) is 5.82 Å². The van der Waals surface area contributed by atoms with Gasteiger partial charge in [0.25, 0.3) is 0 Å². The molecule has 1 saturated heterocycles. The quantitative estimate of drug-likeness (QED) is 0.840. The van der Waals surface area contributed by atoms with Crippen LogP contribution in [0.2, 0.25) is 0 Å². The van der Waals surface area contributed by atoms with Gasteiger partial charge in [-0.05, 0) is 37.1 Å². The van der Waals surface area contributed by atoms with E-state index in [-0.39, 0.29) is 6.54 Å². The van der Waals surface area contributed by atoms with Crippen LogP contribution in [-0.2, 0) is 11.3 Å². The Labute approximate surface area is 130 Å². The summed E-state index contributed by atoms with van der Waals surface area (Å²) in [5, 5.41) is 9.19. The maximum atomic E-state index is 13.8. The highest BCUT2D eigenvalue weighted by Gasteiger charge is 2.30. The van der Waals surface area contributed by atoms with E-state index in [2.05, 4.69) is 4.74 Å². The highest BCUT2D eigenvalue weighted by molar-refractivity contribution is 5.73. The van der Waals surface area contributed by atoms with Crippen molar-refractivity contribution in [3.8, 4) is 5.75 Å². The third kappa shape index (κ3) is 5.09. The van der Waals surface area contributed by atoms with Crippen molar-refractivity contribution < 1.29 is 32.2 Å². The summed E-state index contributed by atoms with van der Waals surface area (Å²) in [5.74, 6) is -2.29. The molecule has 1 aliphatic rings. The first kappa shape index (κ1) is 17.5. The molecule has 8 heteroatoms. The van der Waals surface area contributed by atoms with Crippen LogP contribution >= 0.6 is 0 Å². The van der Waals surface area contributed by atoms with E-state index in [1.54, 1.807) is 4.90 Å². The number of hydrogen-bond acceptors (Lipinski definition) is 3. The van der Waals surface area contributed by atoms with Gasteiger partial charge in [-0.2, -0.15) is 13.2 Å². The van der Waals surface area contributed by atoms with Gasteiger partial charge in [-0.1, -0.05) is 12.5 Å². The number of carbonyl (C=O) groups is 1. The van der Waals surface area contributed by atoms with Gasteiger partial charge in [0.15, 0.2) is 18.2 Å². The molecule has 1 atom stereocenters. The van der Waals surface area contributed by atoms with Crippen LogP contribution in [0.5, 0.6) is 5.75 Å². The van der Waals surface area contributed by atoms with E-state index in [4.69, 9.17) is 0 Å². The molecule has 0 saturated carbocycles. The van der Waals surface area contributed by atoms with E-state index in [1.807, 2.05) is 0 Å². The molecule has 1 unspecified atom stereocenters. The first-order valence-electron chi connectivity index (χ1n) is 7.21. The summed E-state index contributed by atoms with van der Waals surface area (Å²) in [5.41, 5.74) is 0.495. The first-order valence-corrected chi connectivity index (χ1v) is 7.21. The van der Waals surface area contributed by atoms with Crippen LogP contribution in [0.3, 0.4) is 0 Å². The number of ether oxygens (including phenoxy) is 1. The highest BCUT2D eigenvalue weighted by Crippen LogP contribution is 2.24. The van der Waals surface area contributed by atoms with E-state index >= 15 is 0 Å². The summed E-state index contributed by atoms with van der Waals surface area (Å²) < 4.78 is 54.4. The molecule has 4 nitrogen and oxygen atoms in total. The van der Waals surface area contributed by atoms with Gasteiger partial charge >= 0.3 is 12.1 Å². The fourth-order valence-corrected chi connectivity index (χ4v) is 2.61. The SMILES string of the molecule is O=C(O)C1CCCCN1Cc1ccc(OCC(F)(F)F)c(F)c1. The Hall–Kier alpha value is -1.83. The number of aliphatic carboxylic acids is 1. The van der Waals surface area contributed by atoms with Crippen molar-refractivity contribution in [2.24, 2.45) is 0 Å². The van der Waals surface area contributed by atoms with E-state index in [0.717, 1.165) is 25.0 Å². The van der Waals surface area contributed by atoms with Crippen molar-refractivity contribution in [1.29, 1.82) is 0 Å². The first-order chi connectivity index (χ1) is 10.8. The lowest BCUT2D eigenvalue weighted by molar-refractivity contribution is -0.153. The highest BCUT2D eigenvalue weighted by atomic mass is 19.4. The summed E-state index contributed by atoms with van der Waals surface area (Å²) in [4.78, 5) is 12.9. The topological polar surface area (TPSA) is 49.8 Å². The molecule has 1 heterocycles. The molecular formula is C15H17F4NO3. The third-order valence-corrected chi connectivity index (χ3v) is 3.67. The smallest absolute Gasteiger partial charge is 0.422 e. The second-order valence-electron chi connectivity index (χ2n) is 5.49. The van der Waals surface area contributed by atoms with Crippen LogP contribution in [0.4, 0.5) is 17.6 Å². The minimum absolute atomic E-state index is 0.230. The monoisotopic (exact) mass is 335 g/mol. The molecule has 0 aromatic heterocycles. The summed E-state index contributed by atoms with van der Waals surface area (Å²) in [7, 11) is 0. The lowest BCUT2D eigenvalue weighted by atomic mass is 10.0. The van der Waals surface area contributed by atoms with Crippen LogP contribution < -0.4 is 4.74 Å². The average molecular weight is 335 g/mol. The molecule has 0 amide bonds. The number of alkyl halides is 3. The van der Waals surface area contributed by atoms with Crippen molar-refractivity contribution in [1.82, 2.24) is 4.90 Å². The molecule has 1 fully saturated rings. The number of piperidine rings is 1. The molecule has 1 aromatic carbocycles. The number of likely N-dealkylation sites (tertiary alicyclic amines) is 1. The second kappa shape index (κ2) is 7.16. The normalized spacial score (nSPS) is 19.6. The maximum absolute atomic E-state index is 13.8. The molecule has 2 rings (SSSR count). The van der Waals surface area contributed by atoms with Gasteiger partial charge in [0, 0.05) is 6.54 Å². The Morgan fingerprint density at radius 1 is 1.35 bits per heavy atom. The second-order valence-corrected chi connectivity index (χ2v) is 5.49. The number of hydrogen-bond donors (Lipinski definition) is 1. The van der Waals surface area contributed by atoms with E-state index in [1.165, 1.54) is 6.07 Å².